The van der Waals surface area contributed by atoms with Gasteiger partial charge >= 0.3 is 0 Å². The summed E-state index contributed by atoms with van der Waals surface area (Å²) >= 11 is 0. The van der Waals surface area contributed by atoms with Gasteiger partial charge < -0.3 is 24.4 Å². The molecule has 0 radical (unpaired) electrons. The van der Waals surface area contributed by atoms with Gasteiger partial charge in [-0.25, -0.2) is 4.98 Å². The van der Waals surface area contributed by atoms with Crippen LogP contribution < -0.4 is 10.2 Å². The standard InChI is InChI=1S/C19H25N5O3/c1-22(2)8-7-21-18(25)15-5-6-20-17(14-15)23-9-11-24(12-10-23)19(26)16-4-3-13-27-16/h3-6,13-14H,7-12H2,1-2H3,(H,21,25). The molecule has 1 fully saturated rings. The van der Waals surface area contributed by atoms with Crippen molar-refractivity contribution in [3.05, 3.63) is 48.0 Å². The maximum absolute atomic E-state index is 12.3. The minimum Gasteiger partial charge on any atom is -0.459 e. The second-order valence-electron chi connectivity index (χ2n) is 6.72. The number of hydrogen-bond acceptors (Lipinski definition) is 6. The van der Waals surface area contributed by atoms with Gasteiger partial charge in [0.25, 0.3) is 11.8 Å². The van der Waals surface area contributed by atoms with E-state index in [0.29, 0.717) is 44.0 Å². The van der Waals surface area contributed by atoms with Crippen LogP contribution in [-0.4, -0.2) is 80.0 Å². The lowest BCUT2D eigenvalue weighted by Crippen LogP contribution is -2.49. The summed E-state index contributed by atoms with van der Waals surface area (Å²) in [6.45, 7) is 3.86. The van der Waals surface area contributed by atoms with E-state index in [4.69, 9.17) is 4.42 Å². The third-order valence-electron chi connectivity index (χ3n) is 4.48. The van der Waals surface area contributed by atoms with Crippen LogP contribution in [0.25, 0.3) is 0 Å². The lowest BCUT2D eigenvalue weighted by atomic mass is 10.2. The Morgan fingerprint density at radius 3 is 2.67 bits per heavy atom. The van der Waals surface area contributed by atoms with Crippen molar-refractivity contribution in [2.75, 3.05) is 58.3 Å². The van der Waals surface area contributed by atoms with E-state index < -0.39 is 0 Å². The topological polar surface area (TPSA) is 81.9 Å². The van der Waals surface area contributed by atoms with Crippen molar-refractivity contribution >= 4 is 17.6 Å². The van der Waals surface area contributed by atoms with Gasteiger partial charge in [0.1, 0.15) is 5.82 Å². The first-order chi connectivity index (χ1) is 13.0. The molecule has 144 valence electrons. The Kier molecular flexibility index (Phi) is 6.08. The number of pyridine rings is 1. The summed E-state index contributed by atoms with van der Waals surface area (Å²) in [5.41, 5.74) is 0.591. The number of anilines is 1. The van der Waals surface area contributed by atoms with Crippen LogP contribution in [0.15, 0.2) is 41.1 Å². The monoisotopic (exact) mass is 371 g/mol. The van der Waals surface area contributed by atoms with E-state index in [2.05, 4.69) is 15.2 Å². The van der Waals surface area contributed by atoms with E-state index in [-0.39, 0.29) is 11.8 Å². The highest BCUT2D eigenvalue weighted by atomic mass is 16.3. The summed E-state index contributed by atoms with van der Waals surface area (Å²) in [6.07, 6.45) is 3.15. The summed E-state index contributed by atoms with van der Waals surface area (Å²) < 4.78 is 5.18. The molecule has 2 aromatic heterocycles. The zero-order chi connectivity index (χ0) is 19.2. The Bertz CT molecular complexity index is 767. The van der Waals surface area contributed by atoms with Crippen molar-refractivity contribution in [2.45, 2.75) is 0 Å². The predicted octanol–water partition coefficient (Wildman–Crippen LogP) is 0.928. The third kappa shape index (κ3) is 4.85. The smallest absolute Gasteiger partial charge is 0.289 e. The summed E-state index contributed by atoms with van der Waals surface area (Å²) in [4.78, 5) is 34.9. The Hall–Kier alpha value is -2.87. The van der Waals surface area contributed by atoms with Crippen molar-refractivity contribution in [3.8, 4) is 0 Å². The van der Waals surface area contributed by atoms with E-state index in [9.17, 15) is 9.59 Å². The number of hydrogen-bond donors (Lipinski definition) is 1. The quantitative estimate of drug-likeness (QED) is 0.814. The van der Waals surface area contributed by atoms with E-state index in [1.54, 1.807) is 35.4 Å². The molecule has 2 aromatic rings. The largest absolute Gasteiger partial charge is 0.459 e. The fourth-order valence-corrected chi connectivity index (χ4v) is 2.92. The fourth-order valence-electron chi connectivity index (χ4n) is 2.92. The zero-order valence-corrected chi connectivity index (χ0v) is 15.7. The SMILES string of the molecule is CN(C)CCNC(=O)c1ccnc(N2CCN(C(=O)c3ccco3)CC2)c1. The van der Waals surface area contributed by atoms with Crippen LogP contribution in [-0.2, 0) is 0 Å². The molecule has 1 aliphatic rings. The number of piperazine rings is 1. The molecular weight excluding hydrogens is 346 g/mol. The summed E-state index contributed by atoms with van der Waals surface area (Å²) in [5, 5.41) is 2.91. The minimum atomic E-state index is -0.105. The summed E-state index contributed by atoms with van der Waals surface area (Å²) in [6, 6.07) is 6.90. The molecule has 1 N–H and O–H groups in total. The molecule has 0 saturated carbocycles. The Balaban J connectivity index is 1.56. The van der Waals surface area contributed by atoms with Crippen LogP contribution in [0, 0.1) is 0 Å². The molecule has 3 rings (SSSR count). The number of amides is 2. The molecule has 0 spiro atoms. The van der Waals surface area contributed by atoms with E-state index in [1.165, 1.54) is 6.26 Å². The summed E-state index contributed by atoms with van der Waals surface area (Å²) in [7, 11) is 3.93. The average Bonchev–Trinajstić information content (AvgIpc) is 3.22. The molecular formula is C19H25N5O3. The number of furan rings is 1. The predicted molar refractivity (Wildman–Crippen MR) is 102 cm³/mol. The zero-order valence-electron chi connectivity index (χ0n) is 15.7. The number of nitrogens with one attached hydrogen (secondary N) is 1. The number of carbonyl (C=O) groups excluding carboxylic acids is 2. The highest BCUT2D eigenvalue weighted by Gasteiger charge is 2.24. The highest BCUT2D eigenvalue weighted by Crippen LogP contribution is 2.16. The number of nitrogens with zero attached hydrogens (tertiary/aromatic N) is 4. The van der Waals surface area contributed by atoms with Gasteiger partial charge in [0, 0.05) is 51.0 Å². The Labute approximate surface area is 158 Å². The second kappa shape index (κ2) is 8.68. The molecule has 0 unspecified atom stereocenters. The third-order valence-corrected chi connectivity index (χ3v) is 4.48. The number of carbonyl (C=O) groups is 2. The molecule has 0 aliphatic carbocycles. The van der Waals surface area contributed by atoms with Crippen LogP contribution in [0.2, 0.25) is 0 Å². The lowest BCUT2D eigenvalue weighted by molar-refractivity contribution is 0.0714. The summed E-state index contributed by atoms with van der Waals surface area (Å²) in [5.74, 6) is 0.909. The van der Waals surface area contributed by atoms with E-state index >= 15 is 0 Å². The van der Waals surface area contributed by atoms with Crippen LogP contribution in [0.3, 0.4) is 0 Å². The van der Waals surface area contributed by atoms with Crippen LogP contribution >= 0.6 is 0 Å². The number of aromatic nitrogens is 1. The van der Waals surface area contributed by atoms with Crippen LogP contribution in [0.4, 0.5) is 5.82 Å². The molecule has 2 amide bonds. The minimum absolute atomic E-state index is 0.0957. The van der Waals surface area contributed by atoms with E-state index in [0.717, 1.165) is 12.4 Å². The number of likely N-dealkylation sites (N-methyl/N-ethyl adjacent to an activating group) is 1. The van der Waals surface area contributed by atoms with Crippen LogP contribution in [0.1, 0.15) is 20.9 Å². The van der Waals surface area contributed by atoms with Gasteiger partial charge in [-0.05, 0) is 38.4 Å². The maximum atomic E-state index is 12.3. The van der Waals surface area contributed by atoms with Gasteiger partial charge in [-0.15, -0.1) is 0 Å². The van der Waals surface area contributed by atoms with Crippen molar-refractivity contribution in [1.82, 2.24) is 20.1 Å². The Morgan fingerprint density at radius 1 is 1.22 bits per heavy atom. The molecule has 0 aromatic carbocycles. The fraction of sp³-hybridized carbons (Fsp3) is 0.421. The molecule has 1 aliphatic heterocycles. The lowest BCUT2D eigenvalue weighted by Gasteiger charge is -2.35. The molecule has 8 nitrogen and oxygen atoms in total. The molecule has 0 bridgehead atoms. The second-order valence-corrected chi connectivity index (χ2v) is 6.72. The van der Waals surface area contributed by atoms with Crippen LogP contribution in [0.5, 0.6) is 0 Å². The van der Waals surface area contributed by atoms with Gasteiger partial charge in [-0.2, -0.15) is 0 Å². The highest BCUT2D eigenvalue weighted by molar-refractivity contribution is 5.95. The first-order valence-corrected chi connectivity index (χ1v) is 9.01. The number of rotatable bonds is 6. The normalized spacial score (nSPS) is 14.5. The van der Waals surface area contributed by atoms with Crippen molar-refractivity contribution in [3.63, 3.8) is 0 Å². The Morgan fingerprint density at radius 2 is 2.00 bits per heavy atom. The van der Waals surface area contributed by atoms with E-state index in [1.807, 2.05) is 19.0 Å². The molecule has 8 heteroatoms. The van der Waals surface area contributed by atoms with Gasteiger partial charge in [0.05, 0.1) is 6.26 Å². The first kappa shape index (κ1) is 18.9. The average molecular weight is 371 g/mol. The molecule has 0 atom stereocenters. The van der Waals surface area contributed by atoms with Gasteiger partial charge in [0.2, 0.25) is 0 Å². The van der Waals surface area contributed by atoms with Crippen molar-refractivity contribution in [2.24, 2.45) is 0 Å². The maximum Gasteiger partial charge on any atom is 0.289 e. The van der Waals surface area contributed by atoms with Crippen molar-refractivity contribution in [1.29, 1.82) is 0 Å². The van der Waals surface area contributed by atoms with Gasteiger partial charge in [0.15, 0.2) is 5.76 Å². The molecule has 27 heavy (non-hydrogen) atoms. The first-order valence-electron chi connectivity index (χ1n) is 9.01. The van der Waals surface area contributed by atoms with Gasteiger partial charge in [-0.3, -0.25) is 9.59 Å². The molecule has 1 saturated heterocycles. The molecule has 3 heterocycles. The van der Waals surface area contributed by atoms with Gasteiger partial charge in [-0.1, -0.05) is 0 Å². The van der Waals surface area contributed by atoms with Crippen molar-refractivity contribution < 1.29 is 14.0 Å².